The lowest BCUT2D eigenvalue weighted by Gasteiger charge is -2.19. The smallest absolute Gasteiger partial charge is 0.407 e. The zero-order valence-corrected chi connectivity index (χ0v) is 16.5. The SMILES string of the molecule is CC(C)C(O)c1c(OCCNC(=O)OC(C)(C)C)noc1-c1ccccc1. The number of aromatic nitrogens is 1. The Balaban J connectivity index is 2.06. The number of carbonyl (C=O) groups is 1. The van der Waals surface area contributed by atoms with E-state index >= 15 is 0 Å². The van der Waals surface area contributed by atoms with E-state index < -0.39 is 17.8 Å². The van der Waals surface area contributed by atoms with Crippen LogP contribution in [0.4, 0.5) is 4.79 Å². The maximum absolute atomic E-state index is 11.7. The van der Waals surface area contributed by atoms with Gasteiger partial charge in [-0.25, -0.2) is 4.79 Å². The molecule has 0 saturated carbocycles. The van der Waals surface area contributed by atoms with Gasteiger partial charge in [0.1, 0.15) is 12.2 Å². The van der Waals surface area contributed by atoms with Crippen LogP contribution in [0.25, 0.3) is 11.3 Å². The first kappa shape index (κ1) is 20.8. The van der Waals surface area contributed by atoms with Crippen molar-refractivity contribution in [3.63, 3.8) is 0 Å². The van der Waals surface area contributed by atoms with Crippen molar-refractivity contribution in [2.45, 2.75) is 46.3 Å². The Hall–Kier alpha value is -2.54. The number of rotatable bonds is 7. The normalized spacial score (nSPS) is 12.7. The minimum atomic E-state index is -0.791. The number of aliphatic hydroxyl groups excluding tert-OH is 1. The Morgan fingerprint density at radius 3 is 2.52 bits per heavy atom. The summed E-state index contributed by atoms with van der Waals surface area (Å²) in [6.07, 6.45) is -1.31. The number of nitrogens with zero attached hydrogens (tertiary/aromatic N) is 1. The van der Waals surface area contributed by atoms with Crippen LogP contribution in [0.1, 0.15) is 46.3 Å². The molecular weight excluding hydrogens is 348 g/mol. The van der Waals surface area contributed by atoms with Crippen LogP contribution in [0.5, 0.6) is 5.88 Å². The summed E-state index contributed by atoms with van der Waals surface area (Å²) in [5.41, 5.74) is 0.755. The maximum Gasteiger partial charge on any atom is 0.407 e. The molecule has 1 aromatic carbocycles. The van der Waals surface area contributed by atoms with Gasteiger partial charge in [-0.05, 0) is 31.8 Å². The molecule has 0 radical (unpaired) electrons. The van der Waals surface area contributed by atoms with Crippen LogP contribution in [-0.2, 0) is 4.74 Å². The Bertz CT molecular complexity index is 735. The molecule has 0 saturated heterocycles. The molecule has 1 aromatic heterocycles. The van der Waals surface area contributed by atoms with Crippen molar-refractivity contribution in [3.8, 4) is 17.2 Å². The highest BCUT2D eigenvalue weighted by molar-refractivity contribution is 5.67. The highest BCUT2D eigenvalue weighted by Crippen LogP contribution is 2.38. The number of nitrogens with one attached hydrogen (secondary N) is 1. The third-order valence-electron chi connectivity index (χ3n) is 3.67. The van der Waals surface area contributed by atoms with Crippen molar-refractivity contribution in [2.75, 3.05) is 13.2 Å². The van der Waals surface area contributed by atoms with Gasteiger partial charge in [-0.2, -0.15) is 0 Å². The van der Waals surface area contributed by atoms with Gasteiger partial charge < -0.3 is 24.4 Å². The van der Waals surface area contributed by atoms with Crippen LogP contribution < -0.4 is 10.1 Å². The Morgan fingerprint density at radius 1 is 1.26 bits per heavy atom. The number of hydrogen-bond donors (Lipinski definition) is 2. The molecule has 27 heavy (non-hydrogen) atoms. The standard InChI is InChI=1S/C20H28N2O5/c1-13(2)16(23)15-17(14-9-7-6-8-10-14)27-22-18(15)25-12-11-21-19(24)26-20(3,4)5/h6-10,13,16,23H,11-12H2,1-5H3,(H,21,24). The predicted octanol–water partition coefficient (Wildman–Crippen LogP) is 3.93. The highest BCUT2D eigenvalue weighted by atomic mass is 16.6. The average molecular weight is 376 g/mol. The second-order valence-corrected chi connectivity index (χ2v) is 7.56. The maximum atomic E-state index is 11.7. The fourth-order valence-corrected chi connectivity index (χ4v) is 2.39. The number of hydrogen-bond acceptors (Lipinski definition) is 6. The Morgan fingerprint density at radius 2 is 1.93 bits per heavy atom. The molecule has 0 aliphatic rings. The molecule has 1 atom stereocenters. The highest BCUT2D eigenvalue weighted by Gasteiger charge is 2.27. The lowest BCUT2D eigenvalue weighted by molar-refractivity contribution is 0.0519. The molecule has 2 N–H and O–H groups in total. The summed E-state index contributed by atoms with van der Waals surface area (Å²) in [4.78, 5) is 11.7. The number of amides is 1. The second-order valence-electron chi connectivity index (χ2n) is 7.56. The van der Waals surface area contributed by atoms with Gasteiger partial charge in [-0.3, -0.25) is 0 Å². The van der Waals surface area contributed by atoms with E-state index in [0.717, 1.165) is 5.56 Å². The quantitative estimate of drug-likeness (QED) is 0.711. The van der Waals surface area contributed by atoms with Crippen LogP contribution >= 0.6 is 0 Å². The van der Waals surface area contributed by atoms with Crippen molar-refractivity contribution in [3.05, 3.63) is 35.9 Å². The van der Waals surface area contributed by atoms with Crippen molar-refractivity contribution < 1.29 is 23.9 Å². The third kappa shape index (κ3) is 5.99. The lowest BCUT2D eigenvalue weighted by atomic mass is 9.97. The summed E-state index contributed by atoms with van der Waals surface area (Å²) in [6, 6.07) is 9.43. The van der Waals surface area contributed by atoms with Crippen LogP contribution in [0, 0.1) is 5.92 Å². The fraction of sp³-hybridized carbons (Fsp3) is 0.500. The minimum Gasteiger partial charge on any atom is -0.473 e. The number of benzene rings is 1. The number of carbonyl (C=O) groups excluding carboxylic acids is 1. The summed E-state index contributed by atoms with van der Waals surface area (Å²) in [5, 5.41) is 17.2. The lowest BCUT2D eigenvalue weighted by Crippen LogP contribution is -2.34. The van der Waals surface area contributed by atoms with Gasteiger partial charge in [0.15, 0.2) is 5.76 Å². The van der Waals surface area contributed by atoms with Gasteiger partial charge in [-0.1, -0.05) is 44.2 Å². The molecule has 1 amide bonds. The van der Waals surface area contributed by atoms with Crippen molar-refractivity contribution in [1.82, 2.24) is 10.5 Å². The van der Waals surface area contributed by atoms with E-state index in [2.05, 4.69) is 10.5 Å². The summed E-state index contributed by atoms with van der Waals surface area (Å²) < 4.78 is 16.3. The summed E-state index contributed by atoms with van der Waals surface area (Å²) in [6.45, 7) is 9.59. The van der Waals surface area contributed by atoms with Crippen molar-refractivity contribution in [2.24, 2.45) is 5.92 Å². The molecule has 0 spiro atoms. The van der Waals surface area contributed by atoms with E-state index in [9.17, 15) is 9.90 Å². The van der Waals surface area contributed by atoms with Crippen LogP contribution in [0.15, 0.2) is 34.9 Å². The Kier molecular flexibility index (Phi) is 6.85. The summed E-state index contributed by atoms with van der Waals surface area (Å²) in [7, 11) is 0. The van der Waals surface area contributed by atoms with Crippen molar-refractivity contribution in [1.29, 1.82) is 0 Å². The average Bonchev–Trinajstić information content (AvgIpc) is 3.01. The predicted molar refractivity (Wildman–Crippen MR) is 101 cm³/mol. The first-order chi connectivity index (χ1) is 12.7. The van der Waals surface area contributed by atoms with E-state index in [1.807, 2.05) is 44.2 Å². The minimum absolute atomic E-state index is 0.0471. The van der Waals surface area contributed by atoms with Gasteiger partial charge in [0.2, 0.25) is 0 Å². The molecule has 1 heterocycles. The molecule has 1 unspecified atom stereocenters. The monoisotopic (exact) mass is 376 g/mol. The van der Waals surface area contributed by atoms with Crippen molar-refractivity contribution >= 4 is 6.09 Å². The Labute approximate surface area is 159 Å². The molecular formula is C20H28N2O5. The number of aliphatic hydroxyl groups is 1. The van der Waals surface area contributed by atoms with E-state index in [0.29, 0.717) is 11.3 Å². The van der Waals surface area contributed by atoms with Gasteiger partial charge in [0, 0.05) is 5.56 Å². The topological polar surface area (TPSA) is 93.8 Å². The molecule has 2 aromatic rings. The second kappa shape index (κ2) is 8.90. The first-order valence-corrected chi connectivity index (χ1v) is 9.01. The van der Waals surface area contributed by atoms with E-state index in [1.54, 1.807) is 20.8 Å². The molecule has 0 aliphatic carbocycles. The molecule has 7 heteroatoms. The van der Waals surface area contributed by atoms with E-state index in [1.165, 1.54) is 0 Å². The molecule has 0 aliphatic heterocycles. The van der Waals surface area contributed by atoms with E-state index in [4.69, 9.17) is 14.0 Å². The largest absolute Gasteiger partial charge is 0.473 e. The van der Waals surface area contributed by atoms with Crippen LogP contribution in [0.2, 0.25) is 0 Å². The van der Waals surface area contributed by atoms with E-state index in [-0.39, 0.29) is 24.9 Å². The number of ether oxygens (including phenoxy) is 2. The van der Waals surface area contributed by atoms with Gasteiger partial charge in [0.25, 0.3) is 5.88 Å². The molecule has 0 fully saturated rings. The van der Waals surface area contributed by atoms with Crippen LogP contribution in [0.3, 0.4) is 0 Å². The third-order valence-corrected chi connectivity index (χ3v) is 3.67. The van der Waals surface area contributed by atoms with Gasteiger partial charge in [0.05, 0.1) is 18.2 Å². The van der Waals surface area contributed by atoms with Gasteiger partial charge >= 0.3 is 6.09 Å². The van der Waals surface area contributed by atoms with Crippen LogP contribution in [-0.4, -0.2) is 35.1 Å². The molecule has 0 bridgehead atoms. The first-order valence-electron chi connectivity index (χ1n) is 9.01. The molecule has 2 rings (SSSR count). The molecule has 7 nitrogen and oxygen atoms in total. The number of alkyl carbamates (subject to hydrolysis) is 1. The summed E-state index contributed by atoms with van der Waals surface area (Å²) in [5.74, 6) is 0.655. The summed E-state index contributed by atoms with van der Waals surface area (Å²) >= 11 is 0. The zero-order chi connectivity index (χ0) is 20.0. The molecule has 148 valence electrons. The van der Waals surface area contributed by atoms with Gasteiger partial charge in [-0.15, -0.1) is 0 Å². The fourth-order valence-electron chi connectivity index (χ4n) is 2.39. The zero-order valence-electron chi connectivity index (χ0n) is 16.5.